The summed E-state index contributed by atoms with van der Waals surface area (Å²) in [6, 6.07) is 24.2. The van der Waals surface area contributed by atoms with E-state index in [0.29, 0.717) is 11.8 Å². The summed E-state index contributed by atoms with van der Waals surface area (Å²) >= 11 is 0. The Morgan fingerprint density at radius 2 is 1.72 bits per heavy atom. The lowest BCUT2D eigenvalue weighted by molar-refractivity contribution is 0.442. The SMILES string of the molecule is CCC(c1cccc(C2CCCCC2)c1)C(N)Cc1cccc(-c2cnc(-c3ccc(F)cc3)[nH]2)c1. The number of imidazole rings is 1. The van der Waals surface area contributed by atoms with Crippen LogP contribution in [0.25, 0.3) is 22.6 Å². The van der Waals surface area contributed by atoms with Crippen molar-refractivity contribution in [3.63, 3.8) is 0 Å². The highest BCUT2D eigenvalue weighted by molar-refractivity contribution is 5.65. The van der Waals surface area contributed by atoms with E-state index >= 15 is 0 Å². The summed E-state index contributed by atoms with van der Waals surface area (Å²) in [5, 5.41) is 0. The van der Waals surface area contributed by atoms with Crippen LogP contribution < -0.4 is 5.73 Å². The molecule has 2 unspecified atom stereocenters. The highest BCUT2D eigenvalue weighted by atomic mass is 19.1. The number of nitrogens with one attached hydrogen (secondary N) is 1. The molecular formula is C32H36FN3. The van der Waals surface area contributed by atoms with Crippen molar-refractivity contribution in [1.82, 2.24) is 9.97 Å². The first-order chi connectivity index (χ1) is 17.6. The maximum Gasteiger partial charge on any atom is 0.137 e. The van der Waals surface area contributed by atoms with Crippen molar-refractivity contribution < 1.29 is 4.39 Å². The first-order valence-corrected chi connectivity index (χ1v) is 13.4. The summed E-state index contributed by atoms with van der Waals surface area (Å²) < 4.78 is 13.3. The number of benzene rings is 3. The van der Waals surface area contributed by atoms with Gasteiger partial charge in [0.25, 0.3) is 0 Å². The Balaban J connectivity index is 1.31. The quantitative estimate of drug-likeness (QED) is 0.268. The van der Waals surface area contributed by atoms with Crippen molar-refractivity contribution in [3.8, 4) is 22.6 Å². The van der Waals surface area contributed by atoms with Gasteiger partial charge in [-0.15, -0.1) is 0 Å². The zero-order valence-electron chi connectivity index (χ0n) is 21.1. The molecule has 0 radical (unpaired) electrons. The first-order valence-electron chi connectivity index (χ1n) is 13.4. The maximum absolute atomic E-state index is 13.3. The van der Waals surface area contributed by atoms with E-state index in [1.165, 1.54) is 60.9 Å². The molecule has 0 saturated heterocycles. The van der Waals surface area contributed by atoms with Crippen LogP contribution in [0.4, 0.5) is 4.39 Å². The van der Waals surface area contributed by atoms with Crippen molar-refractivity contribution in [2.24, 2.45) is 5.73 Å². The minimum absolute atomic E-state index is 0.0448. The zero-order chi connectivity index (χ0) is 24.9. The molecule has 1 aliphatic rings. The van der Waals surface area contributed by atoms with Gasteiger partial charge < -0.3 is 10.7 Å². The van der Waals surface area contributed by atoms with Gasteiger partial charge in [0, 0.05) is 11.6 Å². The van der Waals surface area contributed by atoms with Crippen LogP contribution in [0.3, 0.4) is 0 Å². The van der Waals surface area contributed by atoms with Gasteiger partial charge in [-0.2, -0.15) is 0 Å². The van der Waals surface area contributed by atoms with Crippen LogP contribution >= 0.6 is 0 Å². The Hall–Kier alpha value is -3.24. The fourth-order valence-electron chi connectivity index (χ4n) is 5.77. The van der Waals surface area contributed by atoms with Gasteiger partial charge in [-0.05, 0) is 90.1 Å². The molecule has 36 heavy (non-hydrogen) atoms. The molecule has 4 aromatic rings. The molecule has 0 amide bonds. The number of H-pyrrole nitrogens is 1. The molecule has 3 nitrogen and oxygen atoms in total. The molecule has 0 spiro atoms. The lowest BCUT2D eigenvalue weighted by atomic mass is 9.80. The second-order valence-electron chi connectivity index (χ2n) is 10.2. The minimum Gasteiger partial charge on any atom is -0.338 e. The molecule has 186 valence electrons. The second-order valence-corrected chi connectivity index (χ2v) is 10.2. The van der Waals surface area contributed by atoms with E-state index in [4.69, 9.17) is 5.73 Å². The maximum atomic E-state index is 13.3. The van der Waals surface area contributed by atoms with E-state index in [1.807, 2.05) is 6.20 Å². The first kappa shape index (κ1) is 24.5. The van der Waals surface area contributed by atoms with Crippen LogP contribution in [0.2, 0.25) is 0 Å². The molecule has 2 atom stereocenters. The standard InChI is InChI=1S/C32H36FN3/c1-2-29(26-12-7-11-25(20-26)23-9-4-3-5-10-23)30(34)19-22-8-6-13-27(18-22)31-21-35-32(36-31)24-14-16-28(33)17-15-24/h6-8,11-18,20-21,23,29-30H,2-5,9-10,19,34H2,1H3,(H,35,36). The number of aromatic nitrogens is 2. The van der Waals surface area contributed by atoms with Crippen molar-refractivity contribution in [1.29, 1.82) is 0 Å². The van der Waals surface area contributed by atoms with Crippen molar-refractivity contribution >= 4 is 0 Å². The van der Waals surface area contributed by atoms with Gasteiger partial charge in [0.1, 0.15) is 11.6 Å². The highest BCUT2D eigenvalue weighted by Crippen LogP contribution is 2.35. The predicted octanol–water partition coefficient (Wildman–Crippen LogP) is 7.99. The molecule has 1 aliphatic carbocycles. The van der Waals surface area contributed by atoms with Gasteiger partial charge in [0.05, 0.1) is 11.9 Å². The summed E-state index contributed by atoms with van der Waals surface area (Å²) in [4.78, 5) is 7.89. The van der Waals surface area contributed by atoms with Crippen LogP contribution in [-0.4, -0.2) is 16.0 Å². The van der Waals surface area contributed by atoms with Gasteiger partial charge in [-0.3, -0.25) is 0 Å². The summed E-state index contributed by atoms with van der Waals surface area (Å²) in [5.74, 6) is 1.52. The van der Waals surface area contributed by atoms with E-state index in [2.05, 4.69) is 65.4 Å². The Bertz CT molecular complexity index is 1270. The molecular weight excluding hydrogens is 445 g/mol. The van der Waals surface area contributed by atoms with Crippen LogP contribution in [0.15, 0.2) is 79.0 Å². The van der Waals surface area contributed by atoms with E-state index in [9.17, 15) is 4.39 Å². The molecule has 1 fully saturated rings. The third kappa shape index (κ3) is 5.60. The zero-order valence-corrected chi connectivity index (χ0v) is 21.1. The molecule has 1 aromatic heterocycles. The Kier molecular flexibility index (Phi) is 7.62. The number of aromatic amines is 1. The van der Waals surface area contributed by atoms with Crippen LogP contribution in [0.5, 0.6) is 0 Å². The average Bonchev–Trinajstić information content (AvgIpc) is 3.41. The van der Waals surface area contributed by atoms with Crippen LogP contribution in [0.1, 0.15) is 74.0 Å². The van der Waals surface area contributed by atoms with Crippen molar-refractivity contribution in [3.05, 3.63) is 102 Å². The fraction of sp³-hybridized carbons (Fsp3) is 0.344. The van der Waals surface area contributed by atoms with Gasteiger partial charge in [0.15, 0.2) is 0 Å². The number of nitrogens with zero attached hydrogens (tertiary/aromatic N) is 1. The molecule has 1 heterocycles. The third-order valence-electron chi connectivity index (χ3n) is 7.77. The smallest absolute Gasteiger partial charge is 0.137 e. The monoisotopic (exact) mass is 481 g/mol. The Morgan fingerprint density at radius 1 is 0.944 bits per heavy atom. The number of hydrogen-bond donors (Lipinski definition) is 2. The van der Waals surface area contributed by atoms with Gasteiger partial charge in [0.2, 0.25) is 0 Å². The largest absolute Gasteiger partial charge is 0.338 e. The Morgan fingerprint density at radius 3 is 2.50 bits per heavy atom. The second kappa shape index (κ2) is 11.2. The van der Waals surface area contributed by atoms with E-state index < -0.39 is 0 Å². The average molecular weight is 482 g/mol. The molecule has 3 aromatic carbocycles. The molecule has 4 heteroatoms. The number of hydrogen-bond acceptors (Lipinski definition) is 2. The van der Waals surface area contributed by atoms with E-state index in [-0.39, 0.29) is 11.9 Å². The molecule has 0 aliphatic heterocycles. The van der Waals surface area contributed by atoms with Crippen molar-refractivity contribution in [2.75, 3.05) is 0 Å². The van der Waals surface area contributed by atoms with Crippen molar-refractivity contribution in [2.45, 2.75) is 69.7 Å². The molecule has 0 bridgehead atoms. The summed E-state index contributed by atoms with van der Waals surface area (Å²) in [6.45, 7) is 2.25. The number of rotatable bonds is 8. The van der Waals surface area contributed by atoms with Crippen LogP contribution in [0, 0.1) is 5.82 Å². The topological polar surface area (TPSA) is 54.7 Å². The molecule has 1 saturated carbocycles. The normalized spacial score (nSPS) is 16.1. The third-order valence-corrected chi connectivity index (χ3v) is 7.77. The summed E-state index contributed by atoms with van der Waals surface area (Å²) in [6.07, 6.45) is 10.4. The highest BCUT2D eigenvalue weighted by Gasteiger charge is 2.21. The van der Waals surface area contributed by atoms with Gasteiger partial charge in [-0.1, -0.05) is 68.7 Å². The minimum atomic E-state index is -0.249. The Labute approximate surface area is 214 Å². The van der Waals surface area contributed by atoms with E-state index in [0.717, 1.165) is 35.5 Å². The van der Waals surface area contributed by atoms with E-state index in [1.54, 1.807) is 12.1 Å². The van der Waals surface area contributed by atoms with Crippen LogP contribution in [-0.2, 0) is 6.42 Å². The number of nitrogens with two attached hydrogens (primary N) is 1. The lowest BCUT2D eigenvalue weighted by Gasteiger charge is -2.26. The predicted molar refractivity (Wildman–Crippen MR) is 146 cm³/mol. The summed E-state index contributed by atoms with van der Waals surface area (Å²) in [5.41, 5.74) is 13.8. The molecule has 5 rings (SSSR count). The summed E-state index contributed by atoms with van der Waals surface area (Å²) in [7, 11) is 0. The molecule has 3 N–H and O–H groups in total. The van der Waals surface area contributed by atoms with Gasteiger partial charge >= 0.3 is 0 Å². The number of halogens is 1. The van der Waals surface area contributed by atoms with Gasteiger partial charge in [-0.25, -0.2) is 9.37 Å². The lowest BCUT2D eigenvalue weighted by Crippen LogP contribution is -2.30. The fourth-order valence-corrected chi connectivity index (χ4v) is 5.77.